The lowest BCUT2D eigenvalue weighted by Crippen LogP contribution is -2.35. The summed E-state index contributed by atoms with van der Waals surface area (Å²) in [4.78, 5) is 0. The highest BCUT2D eigenvalue weighted by Gasteiger charge is 2.68. The van der Waals surface area contributed by atoms with Crippen LogP contribution in [0.1, 0.15) is 99.9 Å². The minimum absolute atomic E-state index is 0.0641. The molecular formula is C40H46. The molecule has 0 saturated heterocycles. The molecule has 0 amide bonds. The van der Waals surface area contributed by atoms with Crippen molar-refractivity contribution in [2.24, 2.45) is 11.8 Å². The molecule has 0 nitrogen and oxygen atoms in total. The highest BCUT2D eigenvalue weighted by Crippen LogP contribution is 2.74. The fourth-order valence-electron chi connectivity index (χ4n) is 11.3. The van der Waals surface area contributed by atoms with E-state index in [1.165, 1.54) is 11.1 Å². The lowest BCUT2D eigenvalue weighted by atomic mass is 9.64. The maximum absolute atomic E-state index is 2.60. The molecule has 4 aliphatic carbocycles. The SMILES string of the molecule is CC1=C(C)C2(C)c3c(C)c4c(c(C)c3C1(C)C2Cc1ccccc1)C1(C)C(C)=C(C)C4(C)C1Cc1ccccc1. The van der Waals surface area contributed by atoms with Crippen molar-refractivity contribution < 1.29 is 0 Å². The van der Waals surface area contributed by atoms with E-state index >= 15 is 0 Å². The summed E-state index contributed by atoms with van der Waals surface area (Å²) in [6.45, 7) is 25.2. The van der Waals surface area contributed by atoms with Gasteiger partial charge in [0.2, 0.25) is 0 Å². The van der Waals surface area contributed by atoms with Gasteiger partial charge in [-0.3, -0.25) is 0 Å². The Morgan fingerprint density at radius 1 is 0.425 bits per heavy atom. The highest BCUT2D eigenvalue weighted by molar-refractivity contribution is 5.77. The fourth-order valence-corrected chi connectivity index (χ4v) is 11.3. The van der Waals surface area contributed by atoms with Crippen LogP contribution >= 0.6 is 0 Å². The van der Waals surface area contributed by atoms with Crippen molar-refractivity contribution in [1.82, 2.24) is 0 Å². The molecule has 0 saturated carbocycles. The van der Waals surface area contributed by atoms with E-state index in [-0.39, 0.29) is 21.7 Å². The Kier molecular flexibility index (Phi) is 5.15. The summed E-state index contributed by atoms with van der Waals surface area (Å²) in [5, 5.41) is 0. The molecule has 40 heavy (non-hydrogen) atoms. The molecule has 0 radical (unpaired) electrons. The Hall–Kier alpha value is -2.86. The van der Waals surface area contributed by atoms with Gasteiger partial charge in [0, 0.05) is 21.7 Å². The van der Waals surface area contributed by atoms with E-state index in [2.05, 4.69) is 130 Å². The maximum atomic E-state index is 2.60. The Balaban J connectivity index is 1.50. The van der Waals surface area contributed by atoms with Crippen LogP contribution in [-0.2, 0) is 34.5 Å². The number of allylic oxidation sites excluding steroid dienone is 4. The van der Waals surface area contributed by atoms with Crippen molar-refractivity contribution in [3.05, 3.63) is 127 Å². The van der Waals surface area contributed by atoms with Crippen molar-refractivity contribution in [2.45, 2.75) is 104 Å². The first-order chi connectivity index (χ1) is 18.9. The van der Waals surface area contributed by atoms with Crippen LogP contribution in [0.3, 0.4) is 0 Å². The van der Waals surface area contributed by atoms with E-state index in [9.17, 15) is 0 Å². The summed E-state index contributed by atoms with van der Waals surface area (Å²) < 4.78 is 0. The van der Waals surface area contributed by atoms with E-state index in [1.54, 1.807) is 55.7 Å². The molecular weight excluding hydrogens is 480 g/mol. The quantitative estimate of drug-likeness (QED) is 0.297. The third-order valence-corrected chi connectivity index (χ3v) is 13.7. The van der Waals surface area contributed by atoms with Crippen LogP contribution in [0, 0.1) is 25.7 Å². The number of rotatable bonds is 4. The minimum atomic E-state index is 0.0641. The summed E-state index contributed by atoms with van der Waals surface area (Å²) in [6.07, 6.45) is 2.25. The van der Waals surface area contributed by atoms with Crippen LogP contribution in [-0.4, -0.2) is 0 Å². The van der Waals surface area contributed by atoms with E-state index in [0.717, 1.165) is 12.8 Å². The smallest absolute Gasteiger partial charge is 0.0182 e. The van der Waals surface area contributed by atoms with E-state index in [0.29, 0.717) is 11.8 Å². The molecule has 4 unspecified atom stereocenters. The molecule has 0 fully saturated rings. The highest BCUT2D eigenvalue weighted by atomic mass is 14.7. The molecule has 0 heteroatoms. The van der Waals surface area contributed by atoms with E-state index in [1.807, 2.05) is 0 Å². The molecule has 3 aromatic rings. The van der Waals surface area contributed by atoms with Crippen LogP contribution in [0.25, 0.3) is 0 Å². The molecule has 0 spiro atoms. The van der Waals surface area contributed by atoms with Gasteiger partial charge in [0.25, 0.3) is 0 Å². The Morgan fingerprint density at radius 3 is 0.925 bits per heavy atom. The van der Waals surface area contributed by atoms with Crippen molar-refractivity contribution in [1.29, 1.82) is 0 Å². The van der Waals surface area contributed by atoms with Crippen molar-refractivity contribution in [3.8, 4) is 0 Å². The van der Waals surface area contributed by atoms with Gasteiger partial charge in [-0.15, -0.1) is 0 Å². The van der Waals surface area contributed by atoms with E-state index in [4.69, 9.17) is 0 Å². The first kappa shape index (κ1) is 26.1. The number of hydrogen-bond acceptors (Lipinski definition) is 0. The third kappa shape index (κ3) is 2.62. The third-order valence-electron chi connectivity index (χ3n) is 13.7. The molecule has 0 heterocycles. The topological polar surface area (TPSA) is 0 Å². The summed E-state index contributed by atoms with van der Waals surface area (Å²) in [5.41, 5.74) is 19.6. The van der Waals surface area contributed by atoms with Crippen LogP contribution in [0.2, 0.25) is 0 Å². The van der Waals surface area contributed by atoms with Crippen LogP contribution < -0.4 is 0 Å². The van der Waals surface area contributed by atoms with Gasteiger partial charge in [0.05, 0.1) is 0 Å². The standard InChI is InChI=1S/C40H46/c1-23-33-35(39(9)27(5)25(3)37(33,7)31(39)21-29-17-13-11-14-18-29)24(2)36-34(23)38(8)26(4)28(6)40(36,10)32(38)22-30-19-15-12-16-20-30/h11-20,31-32H,21-22H2,1-10H3. The summed E-state index contributed by atoms with van der Waals surface area (Å²) in [6, 6.07) is 22.5. The summed E-state index contributed by atoms with van der Waals surface area (Å²) in [5.74, 6) is 1.09. The molecule has 4 atom stereocenters. The van der Waals surface area contributed by atoms with Gasteiger partial charge in [-0.2, -0.15) is 0 Å². The molecule has 4 bridgehead atoms. The molecule has 3 aromatic carbocycles. The molecule has 0 aliphatic heterocycles. The van der Waals surface area contributed by atoms with Gasteiger partial charge in [0.1, 0.15) is 0 Å². The molecule has 7 rings (SSSR count). The van der Waals surface area contributed by atoms with Crippen molar-refractivity contribution in [3.63, 3.8) is 0 Å². The minimum Gasteiger partial charge on any atom is -0.0628 e. The molecule has 0 aromatic heterocycles. The Morgan fingerprint density at radius 2 is 0.675 bits per heavy atom. The second kappa shape index (κ2) is 7.90. The zero-order valence-electron chi connectivity index (χ0n) is 26.3. The average Bonchev–Trinajstić information content (AvgIpc) is 3.40. The number of hydrogen-bond donors (Lipinski definition) is 0. The molecule has 206 valence electrons. The van der Waals surface area contributed by atoms with Crippen LogP contribution in [0.5, 0.6) is 0 Å². The second-order valence-corrected chi connectivity index (χ2v) is 14.5. The first-order valence-electron chi connectivity index (χ1n) is 15.5. The number of fused-ring (bicyclic) bond motifs is 10. The lowest BCUT2D eigenvalue weighted by Gasteiger charge is -2.40. The predicted octanol–water partition coefficient (Wildman–Crippen LogP) is 9.78. The maximum Gasteiger partial charge on any atom is 0.0182 e. The zero-order valence-corrected chi connectivity index (χ0v) is 26.3. The monoisotopic (exact) mass is 526 g/mol. The first-order valence-corrected chi connectivity index (χ1v) is 15.5. The van der Waals surface area contributed by atoms with Crippen molar-refractivity contribution in [2.75, 3.05) is 0 Å². The van der Waals surface area contributed by atoms with Crippen molar-refractivity contribution >= 4 is 0 Å². The number of benzene rings is 3. The largest absolute Gasteiger partial charge is 0.0628 e. The van der Waals surface area contributed by atoms with Crippen LogP contribution in [0.4, 0.5) is 0 Å². The summed E-state index contributed by atoms with van der Waals surface area (Å²) in [7, 11) is 0. The van der Waals surface area contributed by atoms with Gasteiger partial charge < -0.3 is 0 Å². The Bertz CT molecular complexity index is 1450. The average molecular weight is 527 g/mol. The van der Waals surface area contributed by atoms with Crippen LogP contribution in [0.15, 0.2) is 83.0 Å². The van der Waals surface area contributed by atoms with Gasteiger partial charge in [-0.1, -0.05) is 111 Å². The second-order valence-electron chi connectivity index (χ2n) is 14.5. The molecule has 4 aliphatic rings. The zero-order chi connectivity index (χ0) is 28.6. The lowest BCUT2D eigenvalue weighted by molar-refractivity contribution is 0.297. The van der Waals surface area contributed by atoms with E-state index < -0.39 is 0 Å². The summed E-state index contributed by atoms with van der Waals surface area (Å²) >= 11 is 0. The van der Waals surface area contributed by atoms with Gasteiger partial charge >= 0.3 is 0 Å². The normalized spacial score (nSPS) is 35.1. The van der Waals surface area contributed by atoms with Gasteiger partial charge in [-0.25, -0.2) is 0 Å². The predicted molar refractivity (Wildman–Crippen MR) is 169 cm³/mol. The fraction of sp³-hybridized carbons (Fsp3) is 0.450. The Labute approximate surface area is 242 Å². The van der Waals surface area contributed by atoms with Gasteiger partial charge in [-0.05, 0) is 111 Å². The molecule has 0 N–H and O–H groups in total. The van der Waals surface area contributed by atoms with Gasteiger partial charge in [0.15, 0.2) is 0 Å².